The van der Waals surface area contributed by atoms with Crippen molar-refractivity contribution < 1.29 is 38.8 Å². The lowest BCUT2D eigenvalue weighted by Gasteiger charge is -2.31. The molecule has 17 heteroatoms. The summed E-state index contributed by atoms with van der Waals surface area (Å²) in [6, 6.07) is 22.2. The highest BCUT2D eigenvalue weighted by Gasteiger charge is 2.26. The van der Waals surface area contributed by atoms with Crippen LogP contribution in [0.25, 0.3) is 0 Å². The van der Waals surface area contributed by atoms with Crippen molar-refractivity contribution in [2.75, 3.05) is 93.5 Å². The number of fused-ring (bicyclic) bond motifs is 6. The average Bonchev–Trinajstić information content (AvgIpc) is 3.31. The Hall–Kier alpha value is -7.30. The highest BCUT2D eigenvalue weighted by Crippen LogP contribution is 2.45. The minimum atomic E-state index is -0.479. The number of phenols is 2. The zero-order valence-corrected chi connectivity index (χ0v) is 35.8. The lowest BCUT2D eigenvalue weighted by Crippen LogP contribution is -2.40. The molecule has 5 aromatic rings. The first-order valence-corrected chi connectivity index (χ1v) is 21.3. The summed E-state index contributed by atoms with van der Waals surface area (Å²) in [5, 5.41) is 40.0. The Morgan fingerprint density at radius 1 is 0.667 bits per heavy atom. The van der Waals surface area contributed by atoms with Gasteiger partial charge in [-0.3, -0.25) is 10.1 Å². The molecule has 5 heterocycles. The number of ether oxygens (including phenoxy) is 5. The molecule has 5 aliphatic heterocycles. The second-order valence-corrected chi connectivity index (χ2v) is 14.9. The topological polar surface area (TPSA) is 180 Å². The van der Waals surface area contributed by atoms with Gasteiger partial charge in [0.2, 0.25) is 5.36 Å². The molecule has 5 aliphatic rings. The van der Waals surface area contributed by atoms with E-state index in [0.29, 0.717) is 37.0 Å². The van der Waals surface area contributed by atoms with Gasteiger partial charge in [-0.1, -0.05) is 0 Å². The van der Waals surface area contributed by atoms with Gasteiger partial charge in [-0.2, -0.15) is 5.11 Å². The van der Waals surface area contributed by atoms with Gasteiger partial charge in [0.15, 0.2) is 23.8 Å². The van der Waals surface area contributed by atoms with E-state index in [1.807, 2.05) is 37.3 Å². The smallest absolute Gasteiger partial charge is 0.269 e. The van der Waals surface area contributed by atoms with E-state index in [1.54, 1.807) is 24.3 Å². The molecule has 0 spiro atoms. The normalized spacial score (nSPS) is 15.2. The average molecular weight is 860 g/mol. The van der Waals surface area contributed by atoms with Gasteiger partial charge in [0, 0.05) is 68.2 Å². The van der Waals surface area contributed by atoms with Crippen LogP contribution < -0.4 is 53.7 Å². The summed E-state index contributed by atoms with van der Waals surface area (Å²) in [5.41, 5.74) is 4.42. The molecule has 17 nitrogen and oxygen atoms in total. The highest BCUT2D eigenvalue weighted by atomic mass is 16.6. The van der Waals surface area contributed by atoms with Gasteiger partial charge in [-0.05, 0) is 52.0 Å². The first-order chi connectivity index (χ1) is 30.7. The molecule has 0 amide bonds. The van der Waals surface area contributed by atoms with E-state index in [2.05, 4.69) is 50.3 Å². The molecule has 0 saturated carbocycles. The number of azo groups is 1. The summed E-state index contributed by atoms with van der Waals surface area (Å²) >= 11 is 0. The van der Waals surface area contributed by atoms with Crippen molar-refractivity contribution in [3.8, 4) is 46.0 Å². The molecule has 0 fully saturated rings. The predicted molar refractivity (Wildman–Crippen MR) is 239 cm³/mol. The minimum Gasteiger partial charge on any atom is -0.508 e. The molecular formula is C46H51N8O9+. The number of aromatic hydroxyl groups is 2. The Morgan fingerprint density at radius 3 is 1.94 bits per heavy atom. The third-order valence-corrected chi connectivity index (χ3v) is 11.2. The molecule has 5 aromatic carbocycles. The van der Waals surface area contributed by atoms with Crippen LogP contribution in [0.3, 0.4) is 0 Å². The van der Waals surface area contributed by atoms with Crippen molar-refractivity contribution in [3.63, 3.8) is 0 Å². The van der Waals surface area contributed by atoms with Crippen LogP contribution >= 0.6 is 0 Å². The maximum Gasteiger partial charge on any atom is 0.269 e. The molecular weight excluding hydrogens is 809 g/mol. The Morgan fingerprint density at radius 2 is 1.29 bits per heavy atom. The van der Waals surface area contributed by atoms with Crippen molar-refractivity contribution in [2.45, 2.75) is 27.7 Å². The fourth-order valence-corrected chi connectivity index (χ4v) is 7.86. The van der Waals surface area contributed by atoms with E-state index in [1.165, 1.54) is 24.3 Å². The zero-order chi connectivity index (χ0) is 44.0. The number of rotatable bonds is 7. The van der Waals surface area contributed by atoms with Crippen LogP contribution in [0.2, 0.25) is 0 Å². The van der Waals surface area contributed by atoms with Crippen LogP contribution in [-0.4, -0.2) is 93.9 Å². The van der Waals surface area contributed by atoms with E-state index < -0.39 is 4.92 Å². The van der Waals surface area contributed by atoms with Crippen LogP contribution in [0.15, 0.2) is 94.1 Å². The Labute approximate surface area is 364 Å². The van der Waals surface area contributed by atoms with E-state index in [-0.39, 0.29) is 17.1 Å². The van der Waals surface area contributed by atoms with Crippen LogP contribution in [0.1, 0.15) is 27.7 Å². The maximum atomic E-state index is 10.6. The first kappa shape index (κ1) is 42.4. The number of anilines is 3. The highest BCUT2D eigenvalue weighted by molar-refractivity contribution is 5.72. The first-order valence-electron chi connectivity index (χ1n) is 21.3. The number of nitro benzene ring substituents is 1. The van der Waals surface area contributed by atoms with Crippen molar-refractivity contribution >= 4 is 39.8 Å². The molecule has 2 N–H and O–H groups in total. The largest absolute Gasteiger partial charge is 0.508 e. The van der Waals surface area contributed by atoms with Gasteiger partial charge in [-0.25, -0.2) is 9.57 Å². The Kier molecular flexibility index (Phi) is 12.6. The third kappa shape index (κ3) is 9.17. The molecule has 0 aliphatic carbocycles. The Bertz CT molecular complexity index is 2660. The molecule has 10 rings (SSSR count). The fraction of sp³-hybridized carbons (Fsp3) is 0.348. The number of phenolic OH excluding ortho intramolecular Hbond substituents is 2. The number of nitrogens with zero attached hydrogens (tertiary/aromatic N) is 8. The number of non-ortho nitro benzene ring substituents is 1. The summed E-state index contributed by atoms with van der Waals surface area (Å²) in [7, 11) is 0. The van der Waals surface area contributed by atoms with Gasteiger partial charge in [-0.15, -0.1) is 5.11 Å². The summed E-state index contributed by atoms with van der Waals surface area (Å²) < 4.78 is 31.3. The second kappa shape index (κ2) is 18.8. The SMILES string of the molecule is CCN1CCOc2cc(N=Nc3ccc([N+](=O)[O-])cc3)c(O)cc21.CCN1CCOc2cc3c(cc21)Oc1cc2c(cc1=N3)OCC[N+]=2CC.CCN1CCOc2ccc(O)cc21. The van der Waals surface area contributed by atoms with Crippen LogP contribution in [0.4, 0.5) is 39.8 Å². The van der Waals surface area contributed by atoms with Gasteiger partial charge in [0.25, 0.3) is 5.69 Å². The zero-order valence-electron chi connectivity index (χ0n) is 35.8. The Balaban J connectivity index is 0.000000137. The molecule has 63 heavy (non-hydrogen) atoms. The lowest BCUT2D eigenvalue weighted by atomic mass is 10.1. The summed E-state index contributed by atoms with van der Waals surface area (Å²) in [6.07, 6.45) is 0. The fourth-order valence-electron chi connectivity index (χ4n) is 7.86. The summed E-state index contributed by atoms with van der Waals surface area (Å²) in [6.45, 7) is 18.2. The van der Waals surface area contributed by atoms with Crippen LogP contribution in [0.5, 0.6) is 46.0 Å². The van der Waals surface area contributed by atoms with E-state index >= 15 is 0 Å². The molecule has 328 valence electrons. The molecule has 0 saturated heterocycles. The number of benzene rings is 5. The molecule has 0 aromatic heterocycles. The van der Waals surface area contributed by atoms with Crippen molar-refractivity contribution in [2.24, 2.45) is 15.2 Å². The minimum absolute atomic E-state index is 0.00311. The quantitative estimate of drug-likeness (QED) is 0.0704. The summed E-state index contributed by atoms with van der Waals surface area (Å²) in [4.78, 5) is 21.6. The van der Waals surface area contributed by atoms with Crippen LogP contribution in [-0.2, 0) is 0 Å². The van der Waals surface area contributed by atoms with Crippen molar-refractivity contribution in [3.05, 3.63) is 99.7 Å². The molecule has 0 radical (unpaired) electrons. The summed E-state index contributed by atoms with van der Waals surface area (Å²) in [5.74, 6) is 5.12. The molecule has 0 bridgehead atoms. The number of hydrogen-bond acceptors (Lipinski definition) is 15. The number of nitro groups is 1. The molecule has 0 atom stereocenters. The van der Waals surface area contributed by atoms with Crippen LogP contribution in [0, 0.1) is 10.1 Å². The number of likely N-dealkylation sites (N-methyl/N-ethyl adjacent to an activating group) is 4. The third-order valence-electron chi connectivity index (χ3n) is 11.2. The van der Waals surface area contributed by atoms with E-state index in [4.69, 9.17) is 28.7 Å². The van der Waals surface area contributed by atoms with Gasteiger partial charge in [0.1, 0.15) is 78.5 Å². The standard InChI is InChI=1S/C20H22N3O3.C16H16N4O4.C10H13NO2/c1-3-22-5-7-24-19-9-13-17(11-15(19)22)26-18-12-16-20(10-14(18)21-13)25-8-6-23(16)4-2;1-2-19-7-8-24-16-9-13(15(21)10-14(16)19)18-17-11-3-5-12(6-4-11)20(22)23;1-2-11-5-6-13-10-4-3-8(12)7-9(10)11/h9-12H,3-8H2,1-2H3;3-6,9-10,21H,2,7-8H2,1H3;3-4,7,12H,2,5-6H2,1H3/q+1;;. The lowest BCUT2D eigenvalue weighted by molar-refractivity contribution is -0.384. The van der Waals surface area contributed by atoms with Gasteiger partial charge in [0.05, 0.1) is 53.4 Å². The second-order valence-electron chi connectivity index (χ2n) is 14.9. The van der Waals surface area contributed by atoms with Crippen molar-refractivity contribution in [1.82, 2.24) is 4.58 Å². The molecule has 0 unspecified atom stereocenters. The van der Waals surface area contributed by atoms with Gasteiger partial charge >= 0.3 is 0 Å². The van der Waals surface area contributed by atoms with E-state index in [9.17, 15) is 20.3 Å². The number of hydrogen-bond donors (Lipinski definition) is 2. The monoisotopic (exact) mass is 859 g/mol. The predicted octanol–water partition coefficient (Wildman–Crippen LogP) is 7.41. The van der Waals surface area contributed by atoms with Crippen molar-refractivity contribution in [1.29, 1.82) is 0 Å². The van der Waals surface area contributed by atoms with Gasteiger partial charge < -0.3 is 48.6 Å². The maximum absolute atomic E-state index is 10.6. The van der Waals surface area contributed by atoms with E-state index in [0.717, 1.165) is 121 Å².